The molecule has 0 radical (unpaired) electrons. The standard InChI is InChI=1S/C11H19N3O2S/c1-4-9-7(2)17-11(13-9)14-10(15)5-8(6-12)16-3/h8H,4-6,12H2,1-3H3,(H,13,14,15). The van der Waals surface area contributed by atoms with Gasteiger partial charge < -0.3 is 15.8 Å². The zero-order chi connectivity index (χ0) is 12.8. The molecule has 0 aliphatic heterocycles. The Hall–Kier alpha value is -0.980. The first-order chi connectivity index (χ1) is 8.10. The number of carbonyl (C=O) groups excluding carboxylic acids is 1. The van der Waals surface area contributed by atoms with Crippen molar-refractivity contribution in [2.45, 2.75) is 32.8 Å². The summed E-state index contributed by atoms with van der Waals surface area (Å²) in [7, 11) is 1.55. The lowest BCUT2D eigenvalue weighted by Gasteiger charge is -2.11. The van der Waals surface area contributed by atoms with Crippen LogP contribution in [0.15, 0.2) is 0 Å². The van der Waals surface area contributed by atoms with E-state index < -0.39 is 0 Å². The summed E-state index contributed by atoms with van der Waals surface area (Å²) in [5.74, 6) is -0.112. The van der Waals surface area contributed by atoms with Gasteiger partial charge in [0.15, 0.2) is 5.13 Å². The molecule has 0 spiro atoms. The van der Waals surface area contributed by atoms with E-state index in [1.807, 2.05) is 13.8 Å². The highest BCUT2D eigenvalue weighted by atomic mass is 32.1. The zero-order valence-corrected chi connectivity index (χ0v) is 11.3. The molecule has 6 heteroatoms. The quantitative estimate of drug-likeness (QED) is 0.805. The summed E-state index contributed by atoms with van der Waals surface area (Å²) < 4.78 is 5.06. The maximum atomic E-state index is 11.7. The molecule has 0 aliphatic rings. The molecule has 0 fully saturated rings. The van der Waals surface area contributed by atoms with E-state index >= 15 is 0 Å². The van der Waals surface area contributed by atoms with Crippen LogP contribution in [0.1, 0.15) is 23.9 Å². The van der Waals surface area contributed by atoms with Gasteiger partial charge in [-0.25, -0.2) is 4.98 Å². The molecule has 1 unspecified atom stereocenters. The van der Waals surface area contributed by atoms with Gasteiger partial charge in [0.2, 0.25) is 5.91 Å². The number of ether oxygens (including phenoxy) is 1. The largest absolute Gasteiger partial charge is 0.380 e. The van der Waals surface area contributed by atoms with Crippen LogP contribution in [-0.4, -0.2) is 30.6 Å². The average Bonchev–Trinajstić information content (AvgIpc) is 2.66. The Bertz CT molecular complexity index is 375. The van der Waals surface area contributed by atoms with Crippen LogP contribution in [0.3, 0.4) is 0 Å². The minimum absolute atomic E-state index is 0.112. The second-order valence-electron chi connectivity index (χ2n) is 3.72. The van der Waals surface area contributed by atoms with E-state index in [0.29, 0.717) is 11.7 Å². The molecule has 1 amide bonds. The van der Waals surface area contributed by atoms with Crippen molar-refractivity contribution < 1.29 is 9.53 Å². The monoisotopic (exact) mass is 257 g/mol. The Kier molecular flexibility index (Phi) is 5.54. The fourth-order valence-corrected chi connectivity index (χ4v) is 2.37. The Morgan fingerprint density at radius 1 is 1.65 bits per heavy atom. The molecule has 3 N–H and O–H groups in total. The Morgan fingerprint density at radius 3 is 2.82 bits per heavy atom. The predicted molar refractivity (Wildman–Crippen MR) is 69.3 cm³/mol. The van der Waals surface area contributed by atoms with Crippen LogP contribution in [0.4, 0.5) is 5.13 Å². The number of aromatic nitrogens is 1. The molecule has 17 heavy (non-hydrogen) atoms. The molecule has 0 aromatic carbocycles. The Labute approximate surface area is 105 Å². The first-order valence-corrected chi connectivity index (χ1v) is 6.41. The van der Waals surface area contributed by atoms with E-state index in [1.54, 1.807) is 7.11 Å². The highest BCUT2D eigenvalue weighted by molar-refractivity contribution is 7.15. The number of amides is 1. The SMILES string of the molecule is CCc1nc(NC(=O)CC(CN)OC)sc1C. The number of aryl methyl sites for hydroxylation is 2. The fraction of sp³-hybridized carbons (Fsp3) is 0.636. The molecule has 5 nitrogen and oxygen atoms in total. The van der Waals surface area contributed by atoms with Crippen molar-refractivity contribution in [1.29, 1.82) is 0 Å². The number of hydrogen-bond donors (Lipinski definition) is 2. The second kappa shape index (κ2) is 6.68. The normalized spacial score (nSPS) is 12.5. The number of rotatable bonds is 6. The molecule has 1 aromatic rings. The third-order valence-corrected chi connectivity index (χ3v) is 3.41. The molecule has 1 rings (SSSR count). The molecule has 1 atom stereocenters. The van der Waals surface area contributed by atoms with E-state index in [2.05, 4.69) is 10.3 Å². The maximum Gasteiger partial charge on any atom is 0.228 e. The number of anilines is 1. The van der Waals surface area contributed by atoms with Gasteiger partial charge in [-0.2, -0.15) is 0 Å². The highest BCUT2D eigenvalue weighted by Gasteiger charge is 2.13. The smallest absolute Gasteiger partial charge is 0.228 e. The first kappa shape index (κ1) is 14.1. The van der Waals surface area contributed by atoms with Gasteiger partial charge in [0.1, 0.15) is 0 Å². The second-order valence-corrected chi connectivity index (χ2v) is 4.92. The Morgan fingerprint density at radius 2 is 2.35 bits per heavy atom. The fourth-order valence-electron chi connectivity index (χ4n) is 1.45. The van der Waals surface area contributed by atoms with Crippen molar-refractivity contribution in [3.05, 3.63) is 10.6 Å². The van der Waals surface area contributed by atoms with Crippen molar-refractivity contribution in [2.75, 3.05) is 19.0 Å². The number of carbonyl (C=O) groups is 1. The summed E-state index contributed by atoms with van der Waals surface area (Å²) in [6.45, 7) is 4.38. The Balaban J connectivity index is 2.55. The molecule has 0 aliphatic carbocycles. The summed E-state index contributed by atoms with van der Waals surface area (Å²) in [5.41, 5.74) is 6.49. The van der Waals surface area contributed by atoms with Gasteiger partial charge in [-0.1, -0.05) is 6.92 Å². The van der Waals surface area contributed by atoms with Crippen molar-refractivity contribution in [2.24, 2.45) is 5.73 Å². The number of nitrogens with one attached hydrogen (secondary N) is 1. The van der Waals surface area contributed by atoms with Gasteiger partial charge in [-0.3, -0.25) is 4.79 Å². The average molecular weight is 257 g/mol. The van der Waals surface area contributed by atoms with Gasteiger partial charge in [0, 0.05) is 18.5 Å². The summed E-state index contributed by atoms with van der Waals surface area (Å²) in [6, 6.07) is 0. The molecule has 1 aromatic heterocycles. The van der Waals surface area contributed by atoms with Gasteiger partial charge in [0.05, 0.1) is 18.2 Å². The number of nitrogens with two attached hydrogens (primary N) is 1. The minimum atomic E-state index is -0.235. The minimum Gasteiger partial charge on any atom is -0.380 e. The van der Waals surface area contributed by atoms with E-state index in [0.717, 1.165) is 17.0 Å². The van der Waals surface area contributed by atoms with Crippen LogP contribution in [0.25, 0.3) is 0 Å². The third-order valence-electron chi connectivity index (χ3n) is 2.48. The molecular weight excluding hydrogens is 238 g/mol. The van der Waals surface area contributed by atoms with Gasteiger partial charge in [-0.05, 0) is 13.3 Å². The maximum absolute atomic E-state index is 11.7. The van der Waals surface area contributed by atoms with Crippen LogP contribution in [0.5, 0.6) is 0 Å². The highest BCUT2D eigenvalue weighted by Crippen LogP contribution is 2.22. The van der Waals surface area contributed by atoms with Gasteiger partial charge in [-0.15, -0.1) is 11.3 Å². The van der Waals surface area contributed by atoms with Crippen LogP contribution in [-0.2, 0) is 16.0 Å². The van der Waals surface area contributed by atoms with Gasteiger partial charge in [0.25, 0.3) is 0 Å². The number of thiazole rings is 1. The van der Waals surface area contributed by atoms with Crippen molar-refractivity contribution in [1.82, 2.24) is 4.98 Å². The third kappa shape index (κ3) is 4.07. The van der Waals surface area contributed by atoms with Crippen molar-refractivity contribution >= 4 is 22.4 Å². The van der Waals surface area contributed by atoms with Gasteiger partial charge >= 0.3 is 0 Å². The van der Waals surface area contributed by atoms with E-state index in [4.69, 9.17) is 10.5 Å². The zero-order valence-electron chi connectivity index (χ0n) is 10.4. The van der Waals surface area contributed by atoms with Crippen LogP contribution in [0.2, 0.25) is 0 Å². The molecular formula is C11H19N3O2S. The number of hydrogen-bond acceptors (Lipinski definition) is 5. The lowest BCUT2D eigenvalue weighted by atomic mass is 10.2. The first-order valence-electron chi connectivity index (χ1n) is 5.59. The van der Waals surface area contributed by atoms with E-state index in [-0.39, 0.29) is 18.4 Å². The van der Waals surface area contributed by atoms with Crippen LogP contribution in [0, 0.1) is 6.92 Å². The molecule has 96 valence electrons. The predicted octanol–water partition coefficient (Wildman–Crippen LogP) is 1.32. The van der Waals surface area contributed by atoms with E-state index in [9.17, 15) is 4.79 Å². The summed E-state index contributed by atoms with van der Waals surface area (Å²) in [4.78, 5) is 17.2. The molecule has 0 saturated heterocycles. The lowest BCUT2D eigenvalue weighted by Crippen LogP contribution is -2.28. The van der Waals surface area contributed by atoms with Crippen molar-refractivity contribution in [3.8, 4) is 0 Å². The molecule has 0 saturated carbocycles. The number of nitrogens with zero attached hydrogens (tertiary/aromatic N) is 1. The summed E-state index contributed by atoms with van der Waals surface area (Å²) in [5, 5.41) is 3.42. The van der Waals surface area contributed by atoms with Crippen molar-refractivity contribution in [3.63, 3.8) is 0 Å². The topological polar surface area (TPSA) is 77.2 Å². The van der Waals surface area contributed by atoms with E-state index in [1.165, 1.54) is 11.3 Å². The van der Waals surface area contributed by atoms with Crippen LogP contribution >= 0.6 is 11.3 Å². The van der Waals surface area contributed by atoms with Crippen LogP contribution < -0.4 is 11.1 Å². The molecule has 0 bridgehead atoms. The number of methoxy groups -OCH3 is 1. The molecule has 1 heterocycles. The summed E-state index contributed by atoms with van der Waals surface area (Å²) >= 11 is 1.49. The summed E-state index contributed by atoms with van der Waals surface area (Å²) in [6.07, 6.45) is 0.899. The lowest BCUT2D eigenvalue weighted by molar-refractivity contribution is -0.118.